The molecule has 1 heterocycles. The van der Waals surface area contributed by atoms with E-state index in [0.29, 0.717) is 18.0 Å². The number of hydrogen-bond acceptors (Lipinski definition) is 4. The Kier molecular flexibility index (Phi) is 4.81. The van der Waals surface area contributed by atoms with Crippen LogP contribution in [0.1, 0.15) is 11.3 Å². The number of carbonyl (C=O) groups is 1. The van der Waals surface area contributed by atoms with Crippen molar-refractivity contribution < 1.29 is 14.3 Å². The van der Waals surface area contributed by atoms with E-state index in [1.54, 1.807) is 38.4 Å². The Balaban J connectivity index is 2.04. The summed E-state index contributed by atoms with van der Waals surface area (Å²) in [4.78, 5) is 13.9. The summed E-state index contributed by atoms with van der Waals surface area (Å²) in [6.45, 7) is 0.497. The summed E-state index contributed by atoms with van der Waals surface area (Å²) in [5, 5.41) is 6.71. The first kappa shape index (κ1) is 14.9. The summed E-state index contributed by atoms with van der Waals surface area (Å²) in [6.07, 6.45) is 1.94. The van der Waals surface area contributed by atoms with Gasteiger partial charge in [-0.1, -0.05) is 6.07 Å². The van der Waals surface area contributed by atoms with Crippen LogP contribution in [-0.4, -0.2) is 42.3 Å². The minimum atomic E-state index is 0.00747. The zero-order valence-corrected chi connectivity index (χ0v) is 12.4. The molecule has 2 rings (SSSR count). The number of amides is 1. The zero-order chi connectivity index (χ0) is 15.2. The number of nitrogens with one attached hydrogen (secondary N) is 1. The quantitative estimate of drug-likeness (QED) is 0.877. The molecule has 1 N–H and O–H groups in total. The molecule has 0 radical (unpaired) electrons. The maximum Gasteiger partial charge on any atom is 0.227 e. The fraction of sp³-hybridized carbons (Fsp3) is 0.333. The highest BCUT2D eigenvalue weighted by Crippen LogP contribution is 2.25. The Labute approximate surface area is 123 Å². The highest BCUT2D eigenvalue weighted by atomic mass is 16.5. The topological polar surface area (TPSA) is 67.5 Å². The van der Waals surface area contributed by atoms with Crippen LogP contribution < -0.4 is 9.47 Å². The molecule has 0 unspecified atom stereocenters. The van der Waals surface area contributed by atoms with Gasteiger partial charge in [-0.25, -0.2) is 0 Å². The Morgan fingerprint density at radius 2 is 2.10 bits per heavy atom. The van der Waals surface area contributed by atoms with Crippen molar-refractivity contribution in [3.63, 3.8) is 0 Å². The Hall–Kier alpha value is -2.50. The first-order valence-corrected chi connectivity index (χ1v) is 6.57. The SMILES string of the molecule is COc1ccc(CC(=O)N(C)Cc2ccn[nH]2)c(OC)c1. The molecule has 0 bridgehead atoms. The molecule has 21 heavy (non-hydrogen) atoms. The van der Waals surface area contributed by atoms with E-state index in [-0.39, 0.29) is 12.3 Å². The molecule has 6 heteroatoms. The standard InChI is InChI=1S/C15H19N3O3/c1-18(10-12-6-7-16-17-12)15(19)8-11-4-5-13(20-2)9-14(11)21-3/h4-7,9H,8,10H2,1-3H3,(H,16,17). The van der Waals surface area contributed by atoms with Crippen molar-refractivity contribution in [2.24, 2.45) is 0 Å². The Morgan fingerprint density at radius 3 is 2.71 bits per heavy atom. The monoisotopic (exact) mass is 289 g/mol. The second kappa shape index (κ2) is 6.78. The third-order valence-electron chi connectivity index (χ3n) is 3.23. The number of aromatic nitrogens is 2. The van der Waals surface area contributed by atoms with Crippen molar-refractivity contribution in [3.8, 4) is 11.5 Å². The first-order valence-electron chi connectivity index (χ1n) is 6.57. The number of nitrogens with zero attached hydrogens (tertiary/aromatic N) is 2. The van der Waals surface area contributed by atoms with Crippen LogP contribution in [0.5, 0.6) is 11.5 Å². The van der Waals surface area contributed by atoms with Crippen LogP contribution in [0.25, 0.3) is 0 Å². The van der Waals surface area contributed by atoms with Gasteiger partial charge in [0, 0.05) is 24.9 Å². The van der Waals surface area contributed by atoms with E-state index in [0.717, 1.165) is 11.3 Å². The molecule has 0 saturated heterocycles. The molecule has 0 atom stereocenters. The third kappa shape index (κ3) is 3.75. The smallest absolute Gasteiger partial charge is 0.227 e. The molecule has 1 aromatic heterocycles. The molecule has 0 aliphatic rings. The molecular formula is C15H19N3O3. The lowest BCUT2D eigenvalue weighted by Crippen LogP contribution is -2.28. The number of benzene rings is 1. The van der Waals surface area contributed by atoms with Crippen molar-refractivity contribution in [2.45, 2.75) is 13.0 Å². The summed E-state index contributed by atoms with van der Waals surface area (Å²) in [5.41, 5.74) is 1.73. The lowest BCUT2D eigenvalue weighted by Gasteiger charge is -2.17. The highest BCUT2D eigenvalue weighted by Gasteiger charge is 2.14. The number of methoxy groups -OCH3 is 2. The Bertz CT molecular complexity index is 596. The second-order valence-electron chi connectivity index (χ2n) is 4.69. The predicted octanol–water partition coefficient (Wildman–Crippen LogP) is 1.63. The van der Waals surface area contributed by atoms with Gasteiger partial charge < -0.3 is 14.4 Å². The lowest BCUT2D eigenvalue weighted by molar-refractivity contribution is -0.129. The van der Waals surface area contributed by atoms with Gasteiger partial charge in [0.1, 0.15) is 11.5 Å². The van der Waals surface area contributed by atoms with Gasteiger partial charge in [0.2, 0.25) is 5.91 Å². The van der Waals surface area contributed by atoms with E-state index < -0.39 is 0 Å². The van der Waals surface area contributed by atoms with Gasteiger partial charge in [-0.05, 0) is 12.1 Å². The van der Waals surface area contributed by atoms with Crippen LogP contribution in [0.15, 0.2) is 30.5 Å². The third-order valence-corrected chi connectivity index (χ3v) is 3.23. The molecule has 0 saturated carbocycles. The van der Waals surface area contributed by atoms with E-state index in [9.17, 15) is 4.79 Å². The molecule has 6 nitrogen and oxygen atoms in total. The van der Waals surface area contributed by atoms with Crippen LogP contribution in [0.4, 0.5) is 0 Å². The maximum absolute atomic E-state index is 12.3. The first-order chi connectivity index (χ1) is 10.1. The summed E-state index contributed by atoms with van der Waals surface area (Å²) < 4.78 is 10.5. The largest absolute Gasteiger partial charge is 0.497 e. The fourth-order valence-electron chi connectivity index (χ4n) is 2.01. The average Bonchev–Trinajstić information content (AvgIpc) is 3.00. The van der Waals surface area contributed by atoms with Crippen LogP contribution in [0.2, 0.25) is 0 Å². The van der Waals surface area contributed by atoms with Crippen LogP contribution in [0.3, 0.4) is 0 Å². The van der Waals surface area contributed by atoms with Crippen molar-refractivity contribution in [1.82, 2.24) is 15.1 Å². The minimum Gasteiger partial charge on any atom is -0.497 e. The van der Waals surface area contributed by atoms with Crippen molar-refractivity contribution in [1.29, 1.82) is 0 Å². The molecule has 1 aromatic carbocycles. The van der Waals surface area contributed by atoms with Crippen molar-refractivity contribution >= 4 is 5.91 Å². The number of ether oxygens (including phenoxy) is 2. The number of H-pyrrole nitrogens is 1. The van der Waals surface area contributed by atoms with Crippen LogP contribution in [0, 0.1) is 0 Å². The molecular weight excluding hydrogens is 270 g/mol. The van der Waals surface area contributed by atoms with E-state index in [2.05, 4.69) is 10.2 Å². The molecule has 0 aliphatic heterocycles. The van der Waals surface area contributed by atoms with Crippen molar-refractivity contribution in [3.05, 3.63) is 41.7 Å². The number of rotatable bonds is 6. The normalized spacial score (nSPS) is 10.2. The molecule has 0 fully saturated rings. The predicted molar refractivity (Wildman–Crippen MR) is 78.3 cm³/mol. The van der Waals surface area contributed by atoms with Gasteiger partial charge in [-0.2, -0.15) is 5.10 Å². The summed E-state index contributed by atoms with van der Waals surface area (Å²) in [6, 6.07) is 7.29. The summed E-state index contributed by atoms with van der Waals surface area (Å²) in [5.74, 6) is 1.36. The zero-order valence-electron chi connectivity index (χ0n) is 12.4. The molecule has 0 spiro atoms. The maximum atomic E-state index is 12.3. The fourth-order valence-corrected chi connectivity index (χ4v) is 2.01. The van der Waals surface area contributed by atoms with E-state index in [1.165, 1.54) is 0 Å². The van der Waals surface area contributed by atoms with Gasteiger partial charge in [-0.15, -0.1) is 0 Å². The highest BCUT2D eigenvalue weighted by molar-refractivity contribution is 5.79. The molecule has 2 aromatic rings. The second-order valence-corrected chi connectivity index (χ2v) is 4.69. The summed E-state index contributed by atoms with van der Waals surface area (Å²) in [7, 11) is 4.94. The van der Waals surface area contributed by atoms with Gasteiger partial charge in [0.05, 0.1) is 32.9 Å². The molecule has 0 aliphatic carbocycles. The Morgan fingerprint density at radius 1 is 1.29 bits per heavy atom. The van der Waals surface area contributed by atoms with Crippen LogP contribution in [-0.2, 0) is 17.8 Å². The van der Waals surface area contributed by atoms with Gasteiger partial charge in [-0.3, -0.25) is 9.89 Å². The number of likely N-dealkylation sites (N-methyl/N-ethyl adjacent to an activating group) is 1. The average molecular weight is 289 g/mol. The van der Waals surface area contributed by atoms with E-state index >= 15 is 0 Å². The van der Waals surface area contributed by atoms with Gasteiger partial charge in [0.15, 0.2) is 0 Å². The van der Waals surface area contributed by atoms with E-state index in [1.807, 2.05) is 18.2 Å². The van der Waals surface area contributed by atoms with Gasteiger partial charge >= 0.3 is 0 Å². The molecule has 1 amide bonds. The number of aromatic amines is 1. The number of hydrogen-bond donors (Lipinski definition) is 1. The molecule has 112 valence electrons. The lowest BCUT2D eigenvalue weighted by atomic mass is 10.1. The van der Waals surface area contributed by atoms with Crippen molar-refractivity contribution in [2.75, 3.05) is 21.3 Å². The van der Waals surface area contributed by atoms with Gasteiger partial charge in [0.25, 0.3) is 0 Å². The van der Waals surface area contributed by atoms with E-state index in [4.69, 9.17) is 9.47 Å². The van der Waals surface area contributed by atoms with Crippen LogP contribution >= 0.6 is 0 Å². The minimum absolute atomic E-state index is 0.00747. The number of carbonyl (C=O) groups excluding carboxylic acids is 1. The summed E-state index contributed by atoms with van der Waals surface area (Å²) >= 11 is 0.